The molecule has 14 heavy (non-hydrogen) atoms. The largest absolute Gasteiger partial charge is 0.394 e. The molecular weight excluding hydrogens is 246 g/mol. The van der Waals surface area contributed by atoms with E-state index in [0.717, 1.165) is 15.5 Å². The van der Waals surface area contributed by atoms with Crippen molar-refractivity contribution in [2.45, 2.75) is 6.04 Å². The quantitative estimate of drug-likeness (QED) is 0.758. The monoisotopic (exact) mass is 255 g/mol. The number of nitrogens with zero attached hydrogens (tertiary/aromatic N) is 1. The van der Waals surface area contributed by atoms with Crippen molar-refractivity contribution in [1.29, 1.82) is 0 Å². The van der Waals surface area contributed by atoms with Crippen LogP contribution in [0.25, 0.3) is 11.0 Å². The summed E-state index contributed by atoms with van der Waals surface area (Å²) in [7, 11) is 0. The van der Waals surface area contributed by atoms with Crippen LogP contribution < -0.4 is 5.73 Å². The Hall–Kier alpha value is -0.910. The van der Waals surface area contributed by atoms with E-state index in [2.05, 4.69) is 25.9 Å². The summed E-state index contributed by atoms with van der Waals surface area (Å²) in [5.41, 5.74) is 7.40. The molecule has 5 heteroatoms. The van der Waals surface area contributed by atoms with Crippen LogP contribution in [0, 0.1) is 0 Å². The summed E-state index contributed by atoms with van der Waals surface area (Å²) in [4.78, 5) is 7.36. The first-order valence-electron chi connectivity index (χ1n) is 4.23. The predicted molar refractivity (Wildman–Crippen MR) is 57.8 cm³/mol. The minimum Gasteiger partial charge on any atom is -0.394 e. The van der Waals surface area contributed by atoms with Gasteiger partial charge in [-0.25, -0.2) is 4.98 Å². The van der Waals surface area contributed by atoms with Crippen molar-refractivity contribution >= 4 is 27.0 Å². The van der Waals surface area contributed by atoms with E-state index in [4.69, 9.17) is 10.8 Å². The van der Waals surface area contributed by atoms with E-state index < -0.39 is 6.04 Å². The van der Waals surface area contributed by atoms with Crippen LogP contribution in [0.1, 0.15) is 11.9 Å². The summed E-state index contributed by atoms with van der Waals surface area (Å²) in [6.07, 6.45) is 0. The Balaban J connectivity index is 2.56. The average molecular weight is 256 g/mol. The molecule has 1 aromatic carbocycles. The summed E-state index contributed by atoms with van der Waals surface area (Å²) in [6.45, 7) is -0.114. The normalized spacial score (nSPS) is 13.4. The van der Waals surface area contributed by atoms with Gasteiger partial charge in [-0.05, 0) is 28.1 Å². The Morgan fingerprint density at radius 1 is 1.57 bits per heavy atom. The molecular formula is C9H10BrN3O. The molecule has 1 heterocycles. The minimum absolute atomic E-state index is 0.114. The summed E-state index contributed by atoms with van der Waals surface area (Å²) >= 11 is 3.40. The molecule has 2 aromatic rings. The summed E-state index contributed by atoms with van der Waals surface area (Å²) < 4.78 is 0.919. The lowest BCUT2D eigenvalue weighted by atomic mass is 10.3. The maximum Gasteiger partial charge on any atom is 0.126 e. The van der Waals surface area contributed by atoms with Crippen LogP contribution in [0.3, 0.4) is 0 Å². The number of hydrogen-bond acceptors (Lipinski definition) is 3. The standard InChI is InChI=1S/C9H10BrN3O/c10-5-2-1-3-7-8(5)13-9(12-7)6(11)4-14/h1-3,6,14H,4,11H2,(H,12,13). The fraction of sp³-hybridized carbons (Fsp3) is 0.222. The van der Waals surface area contributed by atoms with E-state index >= 15 is 0 Å². The zero-order chi connectivity index (χ0) is 10.1. The van der Waals surface area contributed by atoms with Crippen LogP contribution in [-0.4, -0.2) is 21.7 Å². The third-order valence-electron chi connectivity index (χ3n) is 2.03. The van der Waals surface area contributed by atoms with E-state index in [1.807, 2.05) is 18.2 Å². The number of rotatable bonds is 2. The molecule has 0 fully saturated rings. The van der Waals surface area contributed by atoms with Crippen molar-refractivity contribution in [2.75, 3.05) is 6.61 Å². The molecule has 1 aromatic heterocycles. The van der Waals surface area contributed by atoms with Gasteiger partial charge in [-0.15, -0.1) is 0 Å². The number of H-pyrrole nitrogens is 1. The lowest BCUT2D eigenvalue weighted by molar-refractivity contribution is 0.264. The van der Waals surface area contributed by atoms with Gasteiger partial charge in [0.25, 0.3) is 0 Å². The number of nitrogens with one attached hydrogen (secondary N) is 1. The third-order valence-corrected chi connectivity index (χ3v) is 2.67. The highest BCUT2D eigenvalue weighted by molar-refractivity contribution is 9.10. The second-order valence-corrected chi connectivity index (χ2v) is 3.90. The van der Waals surface area contributed by atoms with Crippen LogP contribution >= 0.6 is 15.9 Å². The first-order chi connectivity index (χ1) is 6.72. The molecule has 4 nitrogen and oxygen atoms in total. The molecule has 0 amide bonds. The molecule has 4 N–H and O–H groups in total. The molecule has 74 valence electrons. The molecule has 0 aliphatic carbocycles. The SMILES string of the molecule is NC(CO)c1nc2c(Br)cccc2[nH]1. The lowest BCUT2D eigenvalue weighted by Gasteiger charge is -2.01. The topological polar surface area (TPSA) is 74.9 Å². The van der Waals surface area contributed by atoms with Gasteiger partial charge in [0.2, 0.25) is 0 Å². The van der Waals surface area contributed by atoms with Gasteiger partial charge in [0, 0.05) is 4.47 Å². The van der Waals surface area contributed by atoms with E-state index in [0.29, 0.717) is 5.82 Å². The number of aliphatic hydroxyl groups excluding tert-OH is 1. The Morgan fingerprint density at radius 2 is 2.36 bits per heavy atom. The summed E-state index contributed by atoms with van der Waals surface area (Å²) in [5.74, 6) is 0.606. The van der Waals surface area contributed by atoms with Crippen molar-refractivity contribution in [3.05, 3.63) is 28.5 Å². The van der Waals surface area contributed by atoms with Gasteiger partial charge in [-0.3, -0.25) is 0 Å². The number of nitrogens with two attached hydrogens (primary N) is 1. The Bertz CT molecular complexity index is 454. The molecule has 1 unspecified atom stereocenters. The second-order valence-electron chi connectivity index (χ2n) is 3.05. The first-order valence-corrected chi connectivity index (χ1v) is 5.02. The van der Waals surface area contributed by atoms with Gasteiger partial charge in [0.05, 0.1) is 18.2 Å². The number of aliphatic hydroxyl groups is 1. The minimum atomic E-state index is -0.450. The number of fused-ring (bicyclic) bond motifs is 1. The van der Waals surface area contributed by atoms with Gasteiger partial charge >= 0.3 is 0 Å². The number of aromatic nitrogens is 2. The smallest absolute Gasteiger partial charge is 0.126 e. The van der Waals surface area contributed by atoms with Crippen molar-refractivity contribution in [2.24, 2.45) is 5.73 Å². The molecule has 1 atom stereocenters. The predicted octanol–water partition coefficient (Wildman–Crippen LogP) is 1.32. The highest BCUT2D eigenvalue weighted by Crippen LogP contribution is 2.22. The molecule has 0 saturated heterocycles. The van der Waals surface area contributed by atoms with E-state index in [1.165, 1.54) is 0 Å². The molecule has 0 radical (unpaired) electrons. The van der Waals surface area contributed by atoms with Crippen LogP contribution in [0.2, 0.25) is 0 Å². The van der Waals surface area contributed by atoms with Gasteiger partial charge in [-0.2, -0.15) is 0 Å². The number of imidazole rings is 1. The van der Waals surface area contributed by atoms with Crippen molar-refractivity contribution < 1.29 is 5.11 Å². The van der Waals surface area contributed by atoms with E-state index in [1.54, 1.807) is 0 Å². The average Bonchev–Trinajstić information content (AvgIpc) is 2.62. The number of halogens is 1. The Kier molecular flexibility index (Phi) is 2.54. The van der Waals surface area contributed by atoms with E-state index in [-0.39, 0.29) is 6.61 Å². The zero-order valence-electron chi connectivity index (χ0n) is 7.37. The fourth-order valence-corrected chi connectivity index (χ4v) is 1.73. The highest BCUT2D eigenvalue weighted by atomic mass is 79.9. The first kappa shape index (κ1) is 9.64. The van der Waals surface area contributed by atoms with Crippen LogP contribution in [0.5, 0.6) is 0 Å². The molecule has 2 rings (SSSR count). The summed E-state index contributed by atoms with van der Waals surface area (Å²) in [5, 5.41) is 8.89. The van der Waals surface area contributed by atoms with Gasteiger partial charge in [-0.1, -0.05) is 6.07 Å². The molecule has 0 saturated carbocycles. The van der Waals surface area contributed by atoms with Crippen LogP contribution in [0.4, 0.5) is 0 Å². The van der Waals surface area contributed by atoms with Crippen molar-refractivity contribution in [3.8, 4) is 0 Å². The molecule has 0 aliphatic heterocycles. The number of aromatic amines is 1. The number of para-hydroxylation sites is 1. The van der Waals surface area contributed by atoms with Crippen LogP contribution in [-0.2, 0) is 0 Å². The van der Waals surface area contributed by atoms with Crippen molar-refractivity contribution in [3.63, 3.8) is 0 Å². The maximum atomic E-state index is 8.89. The maximum absolute atomic E-state index is 8.89. The highest BCUT2D eigenvalue weighted by Gasteiger charge is 2.10. The zero-order valence-corrected chi connectivity index (χ0v) is 8.95. The Labute approximate surface area is 89.3 Å². The molecule has 0 bridgehead atoms. The second kappa shape index (κ2) is 3.68. The van der Waals surface area contributed by atoms with Gasteiger partial charge in [0.15, 0.2) is 0 Å². The molecule has 0 aliphatic rings. The fourth-order valence-electron chi connectivity index (χ4n) is 1.28. The number of hydrogen-bond donors (Lipinski definition) is 3. The van der Waals surface area contributed by atoms with Crippen molar-refractivity contribution in [1.82, 2.24) is 9.97 Å². The molecule has 0 spiro atoms. The van der Waals surface area contributed by atoms with E-state index in [9.17, 15) is 0 Å². The Morgan fingerprint density at radius 3 is 3.00 bits per heavy atom. The summed E-state index contributed by atoms with van der Waals surface area (Å²) in [6, 6.07) is 5.30. The van der Waals surface area contributed by atoms with Crippen LogP contribution in [0.15, 0.2) is 22.7 Å². The number of benzene rings is 1. The lowest BCUT2D eigenvalue weighted by Crippen LogP contribution is -2.15. The van der Waals surface area contributed by atoms with Gasteiger partial charge < -0.3 is 15.8 Å². The third kappa shape index (κ3) is 1.54. The van der Waals surface area contributed by atoms with Gasteiger partial charge in [0.1, 0.15) is 11.3 Å².